The van der Waals surface area contributed by atoms with Crippen LogP contribution in [0.3, 0.4) is 0 Å². The molecule has 0 aliphatic heterocycles. The predicted molar refractivity (Wildman–Crippen MR) is 95.9 cm³/mol. The summed E-state index contributed by atoms with van der Waals surface area (Å²) in [5.41, 5.74) is 0.743. The molecule has 1 aromatic carbocycles. The fraction of sp³-hybridized carbons (Fsp3) is 0.188. The van der Waals surface area contributed by atoms with Crippen LogP contribution < -0.4 is 0 Å². The molecule has 0 amide bonds. The molecule has 0 radical (unpaired) electrons. The van der Waals surface area contributed by atoms with Gasteiger partial charge in [-0.1, -0.05) is 12.1 Å². The fourth-order valence-electron chi connectivity index (χ4n) is 2.19. The second kappa shape index (κ2) is 7.50. The maximum absolute atomic E-state index is 12.7. The maximum atomic E-state index is 12.7. The number of halogens is 3. The molecule has 0 aliphatic rings. The topological polar surface area (TPSA) is 68.0 Å². The van der Waals surface area contributed by atoms with Gasteiger partial charge in [-0.25, -0.2) is 9.97 Å². The van der Waals surface area contributed by atoms with Gasteiger partial charge >= 0.3 is 12.1 Å². The minimum atomic E-state index is -4.38. The Morgan fingerprint density at radius 1 is 1.35 bits per heavy atom. The summed E-state index contributed by atoms with van der Waals surface area (Å²) in [5.74, 6) is -1.17. The molecule has 1 N–H and O–H groups in total. The zero-order chi connectivity index (χ0) is 18.7. The third kappa shape index (κ3) is 4.64. The Labute approximate surface area is 154 Å². The molecular weight excluding hydrogens is 387 g/mol. The highest BCUT2D eigenvalue weighted by Crippen LogP contribution is 2.35. The van der Waals surface area contributed by atoms with Crippen LogP contribution in [0.1, 0.15) is 10.8 Å². The van der Waals surface area contributed by atoms with E-state index in [1.165, 1.54) is 29.8 Å². The number of carboxylic acids is 1. The molecule has 0 spiro atoms. The molecule has 10 heteroatoms. The first-order chi connectivity index (χ1) is 12.3. The van der Waals surface area contributed by atoms with Crippen molar-refractivity contribution in [2.45, 2.75) is 12.7 Å². The first kappa shape index (κ1) is 18.5. The van der Waals surface area contributed by atoms with Crippen molar-refractivity contribution in [1.29, 1.82) is 0 Å². The highest BCUT2D eigenvalue weighted by atomic mass is 32.2. The Bertz CT molecular complexity index is 930. The first-order valence-electron chi connectivity index (χ1n) is 7.32. The highest BCUT2D eigenvalue weighted by Gasteiger charge is 2.28. The van der Waals surface area contributed by atoms with Crippen molar-refractivity contribution in [2.24, 2.45) is 0 Å². The molecule has 0 saturated carbocycles. The lowest BCUT2D eigenvalue weighted by atomic mass is 10.3. The van der Waals surface area contributed by atoms with Crippen molar-refractivity contribution in [3.05, 3.63) is 47.5 Å². The number of thiazole rings is 1. The van der Waals surface area contributed by atoms with Crippen LogP contribution >= 0.6 is 23.1 Å². The van der Waals surface area contributed by atoms with E-state index in [1.807, 2.05) is 24.3 Å². The van der Waals surface area contributed by atoms with Crippen molar-refractivity contribution in [1.82, 2.24) is 14.5 Å². The normalized spacial score (nSPS) is 12.7. The van der Waals surface area contributed by atoms with Crippen LogP contribution in [0.2, 0.25) is 0 Å². The summed E-state index contributed by atoms with van der Waals surface area (Å²) in [6.07, 6.45) is -0.433. The Morgan fingerprint density at radius 2 is 2.12 bits per heavy atom. The van der Waals surface area contributed by atoms with Crippen LogP contribution in [-0.4, -0.2) is 37.5 Å². The van der Waals surface area contributed by atoms with E-state index in [1.54, 1.807) is 0 Å². The molecule has 0 atom stereocenters. The minimum Gasteiger partial charge on any atom is -0.481 e. The minimum absolute atomic E-state index is 0.0921. The van der Waals surface area contributed by atoms with Gasteiger partial charge in [-0.15, -0.1) is 23.1 Å². The van der Waals surface area contributed by atoms with E-state index in [9.17, 15) is 18.0 Å². The monoisotopic (exact) mass is 399 g/mol. The molecule has 2 heterocycles. The van der Waals surface area contributed by atoms with Gasteiger partial charge in [-0.2, -0.15) is 13.2 Å². The summed E-state index contributed by atoms with van der Waals surface area (Å²) in [4.78, 5) is 19.8. The second-order valence-corrected chi connectivity index (χ2v) is 7.25. The van der Waals surface area contributed by atoms with Crippen molar-refractivity contribution in [3.63, 3.8) is 0 Å². The van der Waals surface area contributed by atoms with Crippen LogP contribution in [0.4, 0.5) is 13.2 Å². The third-order valence-electron chi connectivity index (χ3n) is 3.21. The van der Waals surface area contributed by atoms with Gasteiger partial charge in [-0.05, 0) is 18.2 Å². The summed E-state index contributed by atoms with van der Waals surface area (Å²) >= 11 is 2.34. The van der Waals surface area contributed by atoms with Crippen molar-refractivity contribution in [2.75, 3.05) is 5.75 Å². The Hall–Kier alpha value is -2.33. The number of carbonyl (C=O) groups is 1. The Morgan fingerprint density at radius 3 is 2.81 bits per heavy atom. The number of imidazole rings is 1. The van der Waals surface area contributed by atoms with Gasteiger partial charge in [0, 0.05) is 17.3 Å². The number of carboxylic acid groups (broad SMARTS) is 1. The number of fused-ring (bicyclic) bond motifs is 1. The van der Waals surface area contributed by atoms with Gasteiger partial charge in [0.2, 0.25) is 0 Å². The first-order valence-corrected chi connectivity index (χ1v) is 9.12. The predicted octanol–water partition coefficient (Wildman–Crippen LogP) is 4.37. The lowest BCUT2D eigenvalue weighted by molar-refractivity contribution is -0.140. The van der Waals surface area contributed by atoms with Crippen molar-refractivity contribution >= 4 is 50.3 Å². The summed E-state index contributed by atoms with van der Waals surface area (Å²) in [6.45, 7) is -1.17. The summed E-state index contributed by atoms with van der Waals surface area (Å²) < 4.78 is 39.9. The molecular formula is C16H12F3N3O2S2. The van der Waals surface area contributed by atoms with Gasteiger partial charge in [0.15, 0.2) is 0 Å². The lowest BCUT2D eigenvalue weighted by Crippen LogP contribution is -2.18. The smallest absolute Gasteiger partial charge is 0.406 e. The fourth-order valence-corrected chi connectivity index (χ4v) is 4.00. The molecule has 2 aromatic heterocycles. The van der Waals surface area contributed by atoms with Crippen LogP contribution in [0.15, 0.2) is 36.7 Å². The van der Waals surface area contributed by atoms with E-state index in [0.29, 0.717) is 9.91 Å². The highest BCUT2D eigenvalue weighted by molar-refractivity contribution is 8.09. The van der Waals surface area contributed by atoms with Gasteiger partial charge in [0.05, 0.1) is 16.0 Å². The number of hydrogen-bond donors (Lipinski definition) is 1. The molecule has 0 aliphatic carbocycles. The Balaban J connectivity index is 2.00. The molecule has 136 valence electrons. The number of alkyl halides is 3. The van der Waals surface area contributed by atoms with E-state index in [4.69, 9.17) is 5.11 Å². The zero-order valence-electron chi connectivity index (χ0n) is 13.1. The van der Waals surface area contributed by atoms with Crippen molar-refractivity contribution in [3.8, 4) is 0 Å². The van der Waals surface area contributed by atoms with Crippen LogP contribution in [-0.2, 0) is 11.3 Å². The lowest BCUT2D eigenvalue weighted by Gasteiger charge is -2.09. The number of rotatable bonds is 6. The van der Waals surface area contributed by atoms with Gasteiger partial charge in [-0.3, -0.25) is 4.79 Å². The van der Waals surface area contributed by atoms with E-state index >= 15 is 0 Å². The SMILES string of the molecule is O=C(O)CS/C(=C/c1nccn1CC(F)(F)F)c1nc2ccccc2s1. The molecule has 3 rings (SSSR count). The number of para-hydroxylation sites is 1. The summed E-state index contributed by atoms with van der Waals surface area (Å²) in [7, 11) is 0. The van der Waals surface area contributed by atoms with Gasteiger partial charge in [0.1, 0.15) is 17.4 Å². The number of aromatic nitrogens is 3. The standard InChI is InChI=1S/C16H12F3N3O2S2/c17-16(18,19)9-22-6-5-20-13(22)7-12(25-8-14(23)24)15-21-10-3-1-2-4-11(10)26-15/h1-7H,8-9H2,(H,23,24)/b12-7+. The zero-order valence-corrected chi connectivity index (χ0v) is 14.7. The third-order valence-corrected chi connectivity index (χ3v) is 5.43. The Kier molecular flexibility index (Phi) is 5.33. The van der Waals surface area contributed by atoms with E-state index in [-0.39, 0.29) is 11.6 Å². The van der Waals surface area contributed by atoms with E-state index in [2.05, 4.69) is 9.97 Å². The molecule has 0 unspecified atom stereocenters. The largest absolute Gasteiger partial charge is 0.481 e. The molecule has 0 saturated heterocycles. The molecule has 0 fully saturated rings. The summed E-state index contributed by atoms with van der Waals surface area (Å²) in [5, 5.41) is 9.49. The molecule has 5 nitrogen and oxygen atoms in total. The van der Waals surface area contributed by atoms with E-state index in [0.717, 1.165) is 26.5 Å². The number of thioether (sulfide) groups is 1. The molecule has 0 bridgehead atoms. The van der Waals surface area contributed by atoms with Gasteiger partial charge in [0.25, 0.3) is 0 Å². The number of nitrogens with zero attached hydrogens (tertiary/aromatic N) is 3. The van der Waals surface area contributed by atoms with Gasteiger partial charge < -0.3 is 9.67 Å². The second-order valence-electron chi connectivity index (χ2n) is 5.21. The molecule has 26 heavy (non-hydrogen) atoms. The quantitative estimate of drug-likeness (QED) is 0.667. The number of aliphatic carboxylic acids is 1. The van der Waals surface area contributed by atoms with Crippen LogP contribution in [0.25, 0.3) is 21.2 Å². The summed E-state index contributed by atoms with van der Waals surface area (Å²) in [6, 6.07) is 7.38. The van der Waals surface area contributed by atoms with Crippen LogP contribution in [0, 0.1) is 0 Å². The number of benzene rings is 1. The van der Waals surface area contributed by atoms with Crippen molar-refractivity contribution < 1.29 is 23.1 Å². The average Bonchev–Trinajstić information content (AvgIpc) is 3.16. The number of hydrogen-bond acceptors (Lipinski definition) is 5. The average molecular weight is 399 g/mol. The maximum Gasteiger partial charge on any atom is 0.406 e. The van der Waals surface area contributed by atoms with Crippen LogP contribution in [0.5, 0.6) is 0 Å². The molecule has 3 aromatic rings. The van der Waals surface area contributed by atoms with E-state index < -0.39 is 18.7 Å².